The molecule has 3 rings (SSSR count). The highest BCUT2D eigenvalue weighted by atomic mass is 32.2. The summed E-state index contributed by atoms with van der Waals surface area (Å²) in [5, 5.41) is 15.8. The predicted octanol–water partition coefficient (Wildman–Crippen LogP) is -0.225. The molecule has 0 spiro atoms. The Kier molecular flexibility index (Phi) is 5.25. The fourth-order valence-corrected chi connectivity index (χ4v) is 4.73. The molecule has 1 saturated carbocycles. The summed E-state index contributed by atoms with van der Waals surface area (Å²) < 4.78 is 0. The zero-order valence-electron chi connectivity index (χ0n) is 12.8. The highest BCUT2D eigenvalue weighted by molar-refractivity contribution is 7.99. The van der Waals surface area contributed by atoms with Gasteiger partial charge < -0.3 is 20.6 Å². The zero-order chi connectivity index (χ0) is 15.5. The molecule has 0 aromatic carbocycles. The van der Waals surface area contributed by atoms with Crippen molar-refractivity contribution in [3.63, 3.8) is 0 Å². The third-order valence-corrected chi connectivity index (χ3v) is 6.03. The van der Waals surface area contributed by atoms with Crippen molar-refractivity contribution in [1.82, 2.24) is 15.5 Å². The normalized spacial score (nSPS) is 32.6. The third-order valence-electron chi connectivity index (χ3n) is 5.02. The third kappa shape index (κ3) is 3.41. The molecule has 2 amide bonds. The van der Waals surface area contributed by atoms with Crippen LogP contribution >= 0.6 is 11.8 Å². The number of β-amino-alcohol motifs (C(OH)–C–C–N with tert-alkyl or cyclic N) is 1. The SMILES string of the molecule is O=C(NCC1CNCC1O)C1CSCN1C(=O)C1CCCC1. The van der Waals surface area contributed by atoms with E-state index in [-0.39, 0.29) is 29.7 Å². The molecule has 124 valence electrons. The molecule has 2 aliphatic heterocycles. The van der Waals surface area contributed by atoms with E-state index in [1.54, 1.807) is 16.7 Å². The Morgan fingerprint density at radius 2 is 2.05 bits per heavy atom. The zero-order valence-corrected chi connectivity index (χ0v) is 13.6. The first-order valence-corrected chi connectivity index (χ1v) is 9.37. The van der Waals surface area contributed by atoms with Crippen molar-refractivity contribution in [3.05, 3.63) is 0 Å². The quantitative estimate of drug-likeness (QED) is 0.665. The number of carbonyl (C=O) groups excluding carboxylic acids is 2. The van der Waals surface area contributed by atoms with Crippen LogP contribution in [0.2, 0.25) is 0 Å². The number of rotatable bonds is 4. The Morgan fingerprint density at radius 1 is 1.27 bits per heavy atom. The highest BCUT2D eigenvalue weighted by Gasteiger charge is 2.38. The van der Waals surface area contributed by atoms with Crippen LogP contribution in [0, 0.1) is 11.8 Å². The number of carbonyl (C=O) groups is 2. The van der Waals surface area contributed by atoms with E-state index in [2.05, 4.69) is 10.6 Å². The van der Waals surface area contributed by atoms with Gasteiger partial charge in [-0.2, -0.15) is 0 Å². The largest absolute Gasteiger partial charge is 0.391 e. The number of nitrogens with zero attached hydrogens (tertiary/aromatic N) is 1. The number of amides is 2. The molecule has 6 nitrogen and oxygen atoms in total. The first-order chi connectivity index (χ1) is 10.7. The van der Waals surface area contributed by atoms with Crippen LogP contribution in [0.4, 0.5) is 0 Å². The second-order valence-electron chi connectivity index (χ2n) is 6.54. The van der Waals surface area contributed by atoms with E-state index in [0.29, 0.717) is 24.7 Å². The van der Waals surface area contributed by atoms with Crippen molar-refractivity contribution < 1.29 is 14.7 Å². The smallest absolute Gasteiger partial charge is 0.243 e. The fraction of sp³-hybridized carbons (Fsp3) is 0.867. The monoisotopic (exact) mass is 327 g/mol. The molecule has 0 bridgehead atoms. The lowest BCUT2D eigenvalue weighted by atomic mass is 10.1. The summed E-state index contributed by atoms with van der Waals surface area (Å²) in [4.78, 5) is 26.7. The molecule has 3 atom stereocenters. The Bertz CT molecular complexity index is 428. The van der Waals surface area contributed by atoms with E-state index in [1.807, 2.05) is 0 Å². The molecular weight excluding hydrogens is 302 g/mol. The van der Waals surface area contributed by atoms with Crippen LogP contribution in [0.25, 0.3) is 0 Å². The van der Waals surface area contributed by atoms with Crippen LogP contribution in [0.5, 0.6) is 0 Å². The molecule has 3 aliphatic rings. The minimum atomic E-state index is -0.394. The number of aliphatic hydroxyl groups is 1. The lowest BCUT2D eigenvalue weighted by Crippen LogP contribution is -2.50. The van der Waals surface area contributed by atoms with Crippen molar-refractivity contribution in [2.24, 2.45) is 11.8 Å². The van der Waals surface area contributed by atoms with Crippen molar-refractivity contribution in [2.75, 3.05) is 31.3 Å². The maximum atomic E-state index is 12.6. The molecular formula is C15H25N3O3S. The molecule has 2 saturated heterocycles. The summed E-state index contributed by atoms with van der Waals surface area (Å²) in [5.41, 5.74) is 0. The number of hydrogen-bond acceptors (Lipinski definition) is 5. The summed E-state index contributed by atoms with van der Waals surface area (Å²) in [6.45, 7) is 1.79. The van der Waals surface area contributed by atoms with Gasteiger partial charge >= 0.3 is 0 Å². The van der Waals surface area contributed by atoms with Crippen LogP contribution in [-0.2, 0) is 9.59 Å². The van der Waals surface area contributed by atoms with Gasteiger partial charge in [-0.25, -0.2) is 0 Å². The van der Waals surface area contributed by atoms with Crippen LogP contribution < -0.4 is 10.6 Å². The van der Waals surface area contributed by atoms with E-state index in [1.165, 1.54) is 0 Å². The fourth-order valence-electron chi connectivity index (χ4n) is 3.56. The van der Waals surface area contributed by atoms with Gasteiger partial charge in [-0.15, -0.1) is 11.8 Å². The van der Waals surface area contributed by atoms with Crippen LogP contribution in [0.3, 0.4) is 0 Å². The van der Waals surface area contributed by atoms with Crippen molar-refractivity contribution >= 4 is 23.6 Å². The summed E-state index contributed by atoms with van der Waals surface area (Å²) in [6.07, 6.45) is 3.79. The Morgan fingerprint density at radius 3 is 2.73 bits per heavy atom. The molecule has 3 unspecified atom stereocenters. The minimum Gasteiger partial charge on any atom is -0.391 e. The maximum Gasteiger partial charge on any atom is 0.243 e. The standard InChI is InChI=1S/C15H25N3O3S/c19-13-7-16-5-11(13)6-17-14(20)12-8-22-9-18(12)15(21)10-3-1-2-4-10/h10-13,16,19H,1-9H2,(H,17,20). The molecule has 7 heteroatoms. The van der Waals surface area contributed by atoms with Crippen molar-refractivity contribution in [2.45, 2.75) is 37.8 Å². The van der Waals surface area contributed by atoms with Crippen LogP contribution in [0.15, 0.2) is 0 Å². The lowest BCUT2D eigenvalue weighted by Gasteiger charge is -2.26. The van der Waals surface area contributed by atoms with Gasteiger partial charge in [0.25, 0.3) is 0 Å². The van der Waals surface area contributed by atoms with E-state index < -0.39 is 6.10 Å². The van der Waals surface area contributed by atoms with Crippen molar-refractivity contribution in [1.29, 1.82) is 0 Å². The summed E-state index contributed by atoms with van der Waals surface area (Å²) >= 11 is 1.65. The van der Waals surface area contributed by atoms with Gasteiger partial charge in [-0.3, -0.25) is 9.59 Å². The maximum absolute atomic E-state index is 12.6. The molecule has 0 aromatic heterocycles. The van der Waals surface area contributed by atoms with Gasteiger partial charge in [0, 0.05) is 37.2 Å². The van der Waals surface area contributed by atoms with Crippen LogP contribution in [-0.4, -0.2) is 65.2 Å². The van der Waals surface area contributed by atoms with E-state index in [0.717, 1.165) is 32.2 Å². The average Bonchev–Trinajstić information content (AvgIpc) is 3.25. The predicted molar refractivity (Wildman–Crippen MR) is 85.3 cm³/mol. The molecule has 22 heavy (non-hydrogen) atoms. The second kappa shape index (κ2) is 7.19. The number of hydrogen-bond donors (Lipinski definition) is 3. The molecule has 0 radical (unpaired) electrons. The number of aliphatic hydroxyl groups excluding tert-OH is 1. The van der Waals surface area contributed by atoms with Gasteiger partial charge in [-0.1, -0.05) is 12.8 Å². The Labute approximate surface area is 135 Å². The lowest BCUT2D eigenvalue weighted by molar-refractivity contribution is -0.141. The van der Waals surface area contributed by atoms with Gasteiger partial charge in [0.15, 0.2) is 0 Å². The molecule has 2 heterocycles. The van der Waals surface area contributed by atoms with E-state index in [9.17, 15) is 14.7 Å². The summed E-state index contributed by atoms with van der Waals surface area (Å²) in [6, 6.07) is -0.343. The highest BCUT2D eigenvalue weighted by Crippen LogP contribution is 2.30. The topological polar surface area (TPSA) is 81.7 Å². The van der Waals surface area contributed by atoms with Gasteiger partial charge in [0.1, 0.15) is 6.04 Å². The second-order valence-corrected chi connectivity index (χ2v) is 7.54. The van der Waals surface area contributed by atoms with E-state index in [4.69, 9.17) is 0 Å². The molecule has 3 fully saturated rings. The average molecular weight is 327 g/mol. The molecule has 3 N–H and O–H groups in total. The Balaban J connectivity index is 1.53. The Hall–Kier alpha value is -0.790. The number of nitrogens with one attached hydrogen (secondary N) is 2. The first-order valence-electron chi connectivity index (χ1n) is 8.21. The van der Waals surface area contributed by atoms with Gasteiger partial charge in [0.2, 0.25) is 11.8 Å². The first kappa shape index (κ1) is 16.1. The van der Waals surface area contributed by atoms with Gasteiger partial charge in [0.05, 0.1) is 12.0 Å². The van der Waals surface area contributed by atoms with Crippen molar-refractivity contribution in [3.8, 4) is 0 Å². The van der Waals surface area contributed by atoms with Gasteiger partial charge in [-0.05, 0) is 12.8 Å². The molecule has 1 aliphatic carbocycles. The minimum absolute atomic E-state index is 0.0667. The summed E-state index contributed by atoms with van der Waals surface area (Å²) in [7, 11) is 0. The van der Waals surface area contributed by atoms with Crippen LogP contribution in [0.1, 0.15) is 25.7 Å². The number of thioether (sulfide) groups is 1. The van der Waals surface area contributed by atoms with E-state index >= 15 is 0 Å². The molecule has 0 aromatic rings. The summed E-state index contributed by atoms with van der Waals surface area (Å²) in [5.74, 6) is 1.57.